The molecule has 0 spiro atoms. The van der Waals surface area contributed by atoms with Gasteiger partial charge >= 0.3 is 12.1 Å². The van der Waals surface area contributed by atoms with Crippen LogP contribution in [0.4, 0.5) is 4.79 Å². The number of likely N-dealkylation sites (tertiary alicyclic amines) is 1. The highest BCUT2D eigenvalue weighted by atomic mass is 16.6. The maximum Gasteiger partial charge on any atom is 0.408 e. The van der Waals surface area contributed by atoms with Crippen molar-refractivity contribution in [2.45, 2.75) is 111 Å². The van der Waals surface area contributed by atoms with Crippen LogP contribution in [0.3, 0.4) is 0 Å². The Hall–Kier alpha value is -4.14. The Bertz CT molecular complexity index is 1610. The van der Waals surface area contributed by atoms with Crippen LogP contribution in [0.25, 0.3) is 0 Å². The Morgan fingerprint density at radius 1 is 1.02 bits per heavy atom. The summed E-state index contributed by atoms with van der Waals surface area (Å²) in [5.41, 5.74) is 1.51. The highest BCUT2D eigenvalue weighted by Crippen LogP contribution is 2.57. The lowest BCUT2D eigenvalue weighted by Crippen LogP contribution is -2.59. The first-order valence-electron chi connectivity index (χ1n) is 18.8. The Morgan fingerprint density at radius 2 is 1.65 bits per heavy atom. The molecule has 9 heteroatoms. The lowest BCUT2D eigenvalue weighted by molar-refractivity contribution is -0.145. The predicted molar refractivity (Wildman–Crippen MR) is 205 cm³/mol. The average molecular weight is 716 g/mol. The molecular weight excluding hydrogens is 654 g/mol. The van der Waals surface area contributed by atoms with E-state index in [9.17, 15) is 24.3 Å². The first kappa shape index (κ1) is 40.6. The van der Waals surface area contributed by atoms with Crippen molar-refractivity contribution in [3.05, 3.63) is 83.5 Å². The number of rotatable bonds is 10. The van der Waals surface area contributed by atoms with Gasteiger partial charge in [-0.1, -0.05) is 101 Å². The number of carboxylic acid groups (broad SMARTS) is 1. The lowest BCUT2D eigenvalue weighted by Gasteiger charge is -2.55. The van der Waals surface area contributed by atoms with Gasteiger partial charge in [0, 0.05) is 31.6 Å². The standard InChI is InChI=1S/C43H61N3O6/c1-11-31(37(48)49)18-17-30(4)33-19-21-42(10)28-46(24-20-35(42)41(33,8)9)38(50)43(32-15-13-12-14-16-32)22-25-45(26-23-43)36(47)34(27-29(2)3)44-39(51)52-40(5,6)7/h11-18,20,29,33-34H,4,19,21-28H2,1-3,5-10H3,(H,44,51)(H,48,49)/b18-17-,31-11+/t33-,34+,42-/m1/s1. The van der Waals surface area contributed by atoms with Crippen LogP contribution in [-0.2, 0) is 24.5 Å². The molecule has 284 valence electrons. The van der Waals surface area contributed by atoms with E-state index < -0.39 is 29.1 Å². The molecule has 3 amide bonds. The third kappa shape index (κ3) is 8.89. The third-order valence-electron chi connectivity index (χ3n) is 11.4. The smallest absolute Gasteiger partial charge is 0.408 e. The molecule has 4 rings (SSSR count). The minimum atomic E-state index is -0.960. The summed E-state index contributed by atoms with van der Waals surface area (Å²) in [6.45, 7) is 24.2. The number of piperidine rings is 1. The fourth-order valence-electron chi connectivity index (χ4n) is 8.85. The molecule has 52 heavy (non-hydrogen) atoms. The highest BCUT2D eigenvalue weighted by Gasteiger charge is 2.52. The minimum absolute atomic E-state index is 0.0905. The van der Waals surface area contributed by atoms with E-state index in [4.69, 9.17) is 4.74 Å². The van der Waals surface area contributed by atoms with E-state index in [-0.39, 0.29) is 40.1 Å². The van der Waals surface area contributed by atoms with E-state index >= 15 is 0 Å². The molecule has 3 aliphatic rings. The van der Waals surface area contributed by atoms with E-state index in [2.05, 4.69) is 38.7 Å². The van der Waals surface area contributed by atoms with Crippen LogP contribution in [0.5, 0.6) is 0 Å². The van der Waals surface area contributed by atoms with Gasteiger partial charge in [0.05, 0.1) is 11.0 Å². The molecule has 1 saturated carbocycles. The number of carbonyl (C=O) groups is 4. The number of allylic oxidation sites excluding steroid dienone is 3. The van der Waals surface area contributed by atoms with Crippen molar-refractivity contribution in [1.82, 2.24) is 15.1 Å². The number of aliphatic carboxylic acids is 1. The molecule has 1 saturated heterocycles. The van der Waals surface area contributed by atoms with E-state index in [1.54, 1.807) is 44.7 Å². The monoisotopic (exact) mass is 715 g/mol. The first-order valence-corrected chi connectivity index (χ1v) is 18.8. The molecule has 0 aromatic heterocycles. The van der Waals surface area contributed by atoms with Crippen LogP contribution in [0.15, 0.2) is 77.9 Å². The first-order chi connectivity index (χ1) is 24.2. The summed E-state index contributed by atoms with van der Waals surface area (Å²) in [4.78, 5) is 56.9. The van der Waals surface area contributed by atoms with E-state index in [0.717, 1.165) is 24.0 Å². The zero-order valence-electron chi connectivity index (χ0n) is 32.9. The number of carboxylic acids is 1. The van der Waals surface area contributed by atoms with E-state index in [1.165, 1.54) is 5.57 Å². The molecule has 1 aromatic carbocycles. The van der Waals surface area contributed by atoms with Crippen molar-refractivity contribution < 1.29 is 29.0 Å². The molecule has 2 fully saturated rings. The van der Waals surface area contributed by atoms with Crippen molar-refractivity contribution in [3.63, 3.8) is 0 Å². The molecule has 9 nitrogen and oxygen atoms in total. The van der Waals surface area contributed by atoms with Crippen molar-refractivity contribution in [3.8, 4) is 0 Å². The van der Waals surface area contributed by atoms with Crippen LogP contribution in [-0.4, -0.2) is 76.6 Å². The van der Waals surface area contributed by atoms with Gasteiger partial charge in [-0.2, -0.15) is 0 Å². The number of carbonyl (C=O) groups excluding carboxylic acids is 3. The Morgan fingerprint density at radius 3 is 2.21 bits per heavy atom. The number of ether oxygens (including phenoxy) is 1. The maximum absolute atomic E-state index is 14.9. The van der Waals surface area contributed by atoms with Crippen LogP contribution < -0.4 is 5.32 Å². The largest absolute Gasteiger partial charge is 0.478 e. The summed E-state index contributed by atoms with van der Waals surface area (Å²) in [5, 5.41) is 12.3. The zero-order valence-corrected chi connectivity index (χ0v) is 32.9. The average Bonchev–Trinajstić information content (AvgIpc) is 3.06. The number of nitrogens with one attached hydrogen (secondary N) is 1. The maximum atomic E-state index is 14.9. The molecule has 2 heterocycles. The molecule has 3 atom stereocenters. The summed E-state index contributed by atoms with van der Waals surface area (Å²) in [5.74, 6) is -0.702. The van der Waals surface area contributed by atoms with E-state index in [1.807, 2.05) is 55.2 Å². The molecule has 2 aliphatic heterocycles. The predicted octanol–water partition coefficient (Wildman–Crippen LogP) is 7.84. The number of fused-ring (bicyclic) bond motifs is 1. The van der Waals surface area contributed by atoms with E-state index in [0.29, 0.717) is 45.4 Å². The number of amides is 3. The molecule has 0 radical (unpaired) electrons. The number of alkyl carbamates (subject to hydrolysis) is 1. The second kappa shape index (κ2) is 15.8. The zero-order chi connectivity index (χ0) is 38.6. The number of hydrogen-bond donors (Lipinski definition) is 2. The number of benzene rings is 1. The fourth-order valence-corrected chi connectivity index (χ4v) is 8.85. The van der Waals surface area contributed by atoms with Gasteiger partial charge in [-0.3, -0.25) is 9.59 Å². The molecule has 1 aliphatic carbocycles. The summed E-state index contributed by atoms with van der Waals surface area (Å²) in [6.07, 6.45) is 9.90. The fraction of sp³-hybridized carbons (Fsp3) is 0.581. The minimum Gasteiger partial charge on any atom is -0.478 e. The van der Waals surface area contributed by atoms with Gasteiger partial charge < -0.3 is 25.0 Å². The van der Waals surface area contributed by atoms with Gasteiger partial charge in [0.1, 0.15) is 11.6 Å². The van der Waals surface area contributed by atoms with Crippen molar-refractivity contribution in [2.24, 2.45) is 22.7 Å². The van der Waals surface area contributed by atoms with Crippen molar-refractivity contribution in [2.75, 3.05) is 26.2 Å². The van der Waals surface area contributed by atoms with Crippen LogP contribution in [0.1, 0.15) is 100.0 Å². The lowest BCUT2D eigenvalue weighted by atomic mass is 9.53. The van der Waals surface area contributed by atoms with Crippen molar-refractivity contribution in [1.29, 1.82) is 0 Å². The Balaban J connectivity index is 1.55. The normalized spacial score (nSPS) is 23.8. The second-order valence-corrected chi connectivity index (χ2v) is 17.2. The number of nitrogens with zero attached hydrogens (tertiary/aromatic N) is 2. The molecule has 0 unspecified atom stereocenters. The van der Waals surface area contributed by atoms with Gasteiger partial charge in [-0.05, 0) is 88.7 Å². The van der Waals surface area contributed by atoms with Crippen molar-refractivity contribution >= 4 is 23.9 Å². The van der Waals surface area contributed by atoms with Crippen LogP contribution in [0, 0.1) is 22.7 Å². The Labute approximate surface area is 311 Å². The van der Waals surface area contributed by atoms with Gasteiger partial charge in [-0.25, -0.2) is 9.59 Å². The van der Waals surface area contributed by atoms with Gasteiger partial charge in [-0.15, -0.1) is 0 Å². The topological polar surface area (TPSA) is 116 Å². The van der Waals surface area contributed by atoms with Crippen LogP contribution in [0.2, 0.25) is 0 Å². The van der Waals surface area contributed by atoms with Gasteiger partial charge in [0.15, 0.2) is 0 Å². The second-order valence-electron chi connectivity index (χ2n) is 17.2. The van der Waals surface area contributed by atoms with Gasteiger partial charge in [0.25, 0.3) is 0 Å². The molecule has 1 aromatic rings. The highest BCUT2D eigenvalue weighted by molar-refractivity contribution is 5.91. The SMILES string of the molecule is C=C(/C=C\C(=C/C)C(=O)O)[C@H]1CC[C@]2(C)CN(C(=O)C3(c4ccccc4)CCN(C(=O)[C@H](CC(C)C)NC(=O)OC(C)(C)C)CC3)CC=C2C1(C)C. The summed E-state index contributed by atoms with van der Waals surface area (Å²) >= 11 is 0. The molecular formula is C43H61N3O6. The molecule has 2 N–H and O–H groups in total. The number of hydrogen-bond acceptors (Lipinski definition) is 5. The summed E-state index contributed by atoms with van der Waals surface area (Å²) < 4.78 is 5.48. The Kier molecular flexibility index (Phi) is 12.4. The third-order valence-corrected chi connectivity index (χ3v) is 11.4. The van der Waals surface area contributed by atoms with Crippen LogP contribution >= 0.6 is 0 Å². The summed E-state index contributed by atoms with van der Waals surface area (Å²) in [7, 11) is 0. The molecule has 0 bridgehead atoms. The summed E-state index contributed by atoms with van der Waals surface area (Å²) in [6, 6.07) is 9.26. The van der Waals surface area contributed by atoms with Gasteiger partial charge in [0.2, 0.25) is 11.8 Å². The quantitative estimate of drug-likeness (QED) is 0.145.